The maximum atomic E-state index is 13.1. The molecule has 0 amide bonds. The first-order valence-corrected chi connectivity index (χ1v) is 10.4. The van der Waals surface area contributed by atoms with Crippen LogP contribution in [-0.4, -0.2) is 19.7 Å². The Morgan fingerprint density at radius 3 is 2.48 bits per heavy atom. The van der Waals surface area contributed by atoms with Crippen molar-refractivity contribution in [1.29, 1.82) is 0 Å². The van der Waals surface area contributed by atoms with Gasteiger partial charge in [-0.1, -0.05) is 67.6 Å². The first-order valence-electron chi connectivity index (χ1n) is 8.77. The Labute approximate surface area is 150 Å². The van der Waals surface area contributed by atoms with Gasteiger partial charge in [0.15, 0.2) is 9.84 Å². The molecule has 0 aliphatic carbocycles. The van der Waals surface area contributed by atoms with Gasteiger partial charge in [0.1, 0.15) is 0 Å². The van der Waals surface area contributed by atoms with Crippen molar-refractivity contribution in [2.24, 2.45) is 0 Å². The summed E-state index contributed by atoms with van der Waals surface area (Å²) in [4.78, 5) is 0.451. The maximum Gasteiger partial charge on any atom is 0.180 e. The molecule has 0 radical (unpaired) electrons. The highest BCUT2D eigenvalue weighted by atomic mass is 32.2. The topological polar surface area (TPSA) is 46.2 Å². The summed E-state index contributed by atoms with van der Waals surface area (Å²) >= 11 is 0. The van der Waals surface area contributed by atoms with Gasteiger partial charge in [0.2, 0.25) is 0 Å². The van der Waals surface area contributed by atoms with Gasteiger partial charge < -0.3 is 0 Å². The van der Waals surface area contributed by atoms with Crippen molar-refractivity contribution < 1.29 is 8.42 Å². The van der Waals surface area contributed by atoms with Gasteiger partial charge in [0, 0.05) is 5.54 Å². The molecule has 0 aromatic heterocycles. The highest BCUT2D eigenvalue weighted by Crippen LogP contribution is 2.37. The zero-order chi connectivity index (χ0) is 17.9. The molecule has 0 bridgehead atoms. The van der Waals surface area contributed by atoms with Gasteiger partial charge >= 0.3 is 0 Å². The summed E-state index contributed by atoms with van der Waals surface area (Å²) in [7, 11) is -3.37. The Morgan fingerprint density at radius 1 is 1.12 bits per heavy atom. The van der Waals surface area contributed by atoms with E-state index in [2.05, 4.69) is 30.4 Å². The predicted molar refractivity (Wildman–Crippen MR) is 102 cm³/mol. The minimum absolute atomic E-state index is 0.112. The average molecular weight is 356 g/mol. The van der Waals surface area contributed by atoms with Crippen LogP contribution in [0, 0.1) is 0 Å². The fraction of sp³-hybridized carbons (Fsp3) is 0.333. The molecule has 1 heterocycles. The lowest BCUT2D eigenvalue weighted by atomic mass is 9.89. The molecule has 1 aliphatic rings. The molecule has 1 aliphatic heterocycles. The lowest BCUT2D eigenvalue weighted by Gasteiger charge is -2.35. The molecule has 2 aromatic rings. The molecule has 0 saturated carbocycles. The van der Waals surface area contributed by atoms with Gasteiger partial charge in [-0.2, -0.15) is 0 Å². The Hall–Kier alpha value is -1.91. The highest BCUT2D eigenvalue weighted by molar-refractivity contribution is 7.91. The molecule has 25 heavy (non-hydrogen) atoms. The number of allylic oxidation sites excluding steroid dienone is 1. The van der Waals surface area contributed by atoms with Crippen LogP contribution in [0.1, 0.15) is 43.9 Å². The molecule has 3 nitrogen and oxygen atoms in total. The summed E-state index contributed by atoms with van der Waals surface area (Å²) in [6, 6.07) is 17.3. The molecular formula is C21H25NO2S. The third-order valence-electron chi connectivity index (χ3n) is 5.04. The van der Waals surface area contributed by atoms with Crippen molar-refractivity contribution in [1.82, 2.24) is 5.32 Å². The molecule has 0 fully saturated rings. The molecule has 4 heteroatoms. The SMILES string of the molecule is C/C=C/C[C@]1(CC)CS(=O)(=O)c2ccccc2[C@H](c2ccccc2)N1. The number of sulfone groups is 1. The minimum Gasteiger partial charge on any atom is -0.299 e. The summed E-state index contributed by atoms with van der Waals surface area (Å²) < 4.78 is 26.3. The van der Waals surface area contributed by atoms with Crippen LogP contribution in [0.2, 0.25) is 0 Å². The minimum atomic E-state index is -3.37. The second-order valence-corrected chi connectivity index (χ2v) is 8.65. The number of fused-ring (bicyclic) bond motifs is 1. The molecule has 2 atom stereocenters. The molecule has 0 saturated heterocycles. The summed E-state index contributed by atoms with van der Waals surface area (Å²) in [5.41, 5.74) is 1.44. The van der Waals surface area contributed by atoms with E-state index in [4.69, 9.17) is 0 Å². The van der Waals surface area contributed by atoms with Gasteiger partial charge in [0.05, 0.1) is 16.7 Å². The van der Waals surface area contributed by atoms with Crippen LogP contribution < -0.4 is 5.32 Å². The van der Waals surface area contributed by atoms with Gasteiger partial charge in [-0.25, -0.2) is 8.42 Å². The van der Waals surface area contributed by atoms with E-state index in [0.717, 1.165) is 17.5 Å². The predicted octanol–water partition coefficient (Wildman–Crippen LogP) is 4.27. The zero-order valence-electron chi connectivity index (χ0n) is 14.8. The third kappa shape index (κ3) is 3.55. The van der Waals surface area contributed by atoms with Crippen molar-refractivity contribution in [3.05, 3.63) is 77.9 Å². The maximum absolute atomic E-state index is 13.1. The Balaban J connectivity index is 2.20. The van der Waals surface area contributed by atoms with Gasteiger partial charge in [0.25, 0.3) is 0 Å². The first-order chi connectivity index (χ1) is 12.0. The van der Waals surface area contributed by atoms with Crippen LogP contribution >= 0.6 is 0 Å². The van der Waals surface area contributed by atoms with Gasteiger partial charge in [-0.3, -0.25) is 5.32 Å². The van der Waals surface area contributed by atoms with E-state index in [1.165, 1.54) is 0 Å². The number of hydrogen-bond acceptors (Lipinski definition) is 3. The summed E-state index contributed by atoms with van der Waals surface area (Å²) in [6.45, 7) is 4.03. The number of hydrogen-bond donors (Lipinski definition) is 1. The van der Waals surface area contributed by atoms with Crippen LogP contribution in [0.5, 0.6) is 0 Å². The van der Waals surface area contributed by atoms with E-state index in [0.29, 0.717) is 11.3 Å². The third-order valence-corrected chi connectivity index (χ3v) is 7.01. The van der Waals surface area contributed by atoms with E-state index in [-0.39, 0.29) is 11.8 Å². The van der Waals surface area contributed by atoms with E-state index in [1.807, 2.05) is 49.4 Å². The standard InChI is InChI=1S/C21H25NO2S/c1-3-5-15-21(4-2)16-25(23,24)19-14-10-9-13-18(19)20(22-21)17-11-7-6-8-12-17/h3,5-14,20,22H,4,15-16H2,1-2H3/b5-3+/t20-,21+/m0/s1. The van der Waals surface area contributed by atoms with E-state index < -0.39 is 15.4 Å². The van der Waals surface area contributed by atoms with Crippen LogP contribution in [0.15, 0.2) is 71.6 Å². The van der Waals surface area contributed by atoms with Crippen molar-refractivity contribution in [3.8, 4) is 0 Å². The zero-order valence-corrected chi connectivity index (χ0v) is 15.6. The van der Waals surface area contributed by atoms with Crippen LogP contribution in [0.4, 0.5) is 0 Å². The lowest BCUT2D eigenvalue weighted by Crippen LogP contribution is -2.49. The second-order valence-electron chi connectivity index (χ2n) is 6.69. The van der Waals surface area contributed by atoms with E-state index in [9.17, 15) is 8.42 Å². The Bertz CT molecular complexity index is 858. The van der Waals surface area contributed by atoms with E-state index >= 15 is 0 Å². The van der Waals surface area contributed by atoms with Gasteiger partial charge in [-0.15, -0.1) is 0 Å². The quantitative estimate of drug-likeness (QED) is 0.833. The van der Waals surface area contributed by atoms with Crippen LogP contribution in [0.25, 0.3) is 0 Å². The summed E-state index contributed by atoms with van der Waals surface area (Å²) in [5, 5.41) is 3.71. The molecule has 132 valence electrons. The molecule has 0 unspecified atom stereocenters. The molecular weight excluding hydrogens is 330 g/mol. The normalized spacial score (nSPS) is 25.4. The van der Waals surface area contributed by atoms with Crippen LogP contribution in [-0.2, 0) is 9.84 Å². The largest absolute Gasteiger partial charge is 0.299 e. The molecule has 3 rings (SSSR count). The van der Waals surface area contributed by atoms with Crippen LogP contribution in [0.3, 0.4) is 0 Å². The first kappa shape index (κ1) is 17.9. The number of nitrogens with one attached hydrogen (secondary N) is 1. The Kier molecular flexibility index (Phi) is 5.11. The highest BCUT2D eigenvalue weighted by Gasteiger charge is 2.41. The number of rotatable bonds is 4. The summed E-state index contributed by atoms with van der Waals surface area (Å²) in [5.74, 6) is 0.112. The average Bonchev–Trinajstić information content (AvgIpc) is 2.74. The monoisotopic (exact) mass is 355 g/mol. The number of benzene rings is 2. The lowest BCUT2D eigenvalue weighted by molar-refractivity contribution is 0.326. The van der Waals surface area contributed by atoms with E-state index in [1.54, 1.807) is 6.07 Å². The molecule has 2 aromatic carbocycles. The summed E-state index contributed by atoms with van der Waals surface area (Å²) in [6.07, 6.45) is 5.48. The second kappa shape index (κ2) is 7.14. The van der Waals surface area contributed by atoms with Crippen molar-refractivity contribution >= 4 is 9.84 Å². The van der Waals surface area contributed by atoms with Gasteiger partial charge in [-0.05, 0) is 37.0 Å². The fourth-order valence-corrected chi connectivity index (χ4v) is 5.71. The smallest absolute Gasteiger partial charge is 0.180 e. The van der Waals surface area contributed by atoms with Crippen molar-refractivity contribution in [3.63, 3.8) is 0 Å². The molecule has 0 spiro atoms. The molecule has 1 N–H and O–H groups in total. The fourth-order valence-electron chi connectivity index (χ4n) is 3.59. The van der Waals surface area contributed by atoms with Crippen molar-refractivity contribution in [2.45, 2.75) is 43.2 Å². The van der Waals surface area contributed by atoms with Crippen molar-refractivity contribution in [2.75, 3.05) is 5.75 Å². The Morgan fingerprint density at radius 2 is 1.80 bits per heavy atom.